The van der Waals surface area contributed by atoms with Gasteiger partial charge in [0.05, 0.1) is 19.0 Å². The van der Waals surface area contributed by atoms with Gasteiger partial charge in [-0.3, -0.25) is 13.9 Å². The number of fused-ring (bicyclic) bond motifs is 1. The van der Waals surface area contributed by atoms with E-state index in [0.717, 1.165) is 24.1 Å². The third kappa shape index (κ3) is 7.32. The van der Waals surface area contributed by atoms with Crippen LogP contribution in [-0.2, 0) is 25.4 Å². The summed E-state index contributed by atoms with van der Waals surface area (Å²) >= 11 is 0. The summed E-state index contributed by atoms with van der Waals surface area (Å²) in [7, 11) is 3.18. The van der Waals surface area contributed by atoms with E-state index >= 15 is 0 Å². The van der Waals surface area contributed by atoms with Gasteiger partial charge >= 0.3 is 5.69 Å². The maximum atomic E-state index is 12.5. The number of hydrogen-bond acceptors (Lipinski definition) is 4. The first-order chi connectivity index (χ1) is 15.6. The highest BCUT2D eigenvalue weighted by atomic mass is 16.6. The maximum Gasteiger partial charge on any atom is 0.332 e. The Hall–Kier alpha value is -1.89. The molecule has 0 aromatic carbocycles. The van der Waals surface area contributed by atoms with E-state index in [1.807, 2.05) is 4.57 Å². The Morgan fingerprint density at radius 2 is 1.31 bits per heavy atom. The first kappa shape index (κ1) is 24.7. The van der Waals surface area contributed by atoms with Crippen molar-refractivity contribution in [3.8, 4) is 0 Å². The predicted molar refractivity (Wildman–Crippen MR) is 129 cm³/mol. The molecule has 1 atom stereocenters. The van der Waals surface area contributed by atoms with Gasteiger partial charge in [-0.2, -0.15) is 0 Å². The van der Waals surface area contributed by atoms with Gasteiger partial charge in [0.25, 0.3) is 5.56 Å². The van der Waals surface area contributed by atoms with Crippen molar-refractivity contribution in [1.82, 2.24) is 18.7 Å². The van der Waals surface area contributed by atoms with Gasteiger partial charge in [-0.05, 0) is 12.8 Å². The van der Waals surface area contributed by atoms with E-state index in [4.69, 9.17) is 4.74 Å². The molecule has 1 saturated heterocycles. The molecule has 0 N–H and O–H groups in total. The molecule has 7 heteroatoms. The monoisotopic (exact) mass is 446 g/mol. The zero-order valence-corrected chi connectivity index (χ0v) is 20.2. The molecule has 0 amide bonds. The molecule has 0 aliphatic carbocycles. The van der Waals surface area contributed by atoms with Crippen molar-refractivity contribution in [3.63, 3.8) is 0 Å². The minimum atomic E-state index is -0.331. The molecule has 1 fully saturated rings. The normalized spacial score (nSPS) is 15.6. The molecule has 0 bridgehead atoms. The van der Waals surface area contributed by atoms with Crippen LogP contribution in [-0.4, -0.2) is 31.4 Å². The van der Waals surface area contributed by atoms with Crippen LogP contribution in [0.4, 0.5) is 0 Å². The summed E-state index contributed by atoms with van der Waals surface area (Å²) in [6.45, 7) is 1.79. The van der Waals surface area contributed by atoms with Crippen LogP contribution in [0, 0.1) is 0 Å². The third-order valence-corrected chi connectivity index (χ3v) is 6.79. The Labute approximate surface area is 191 Å². The molecule has 180 valence electrons. The molecule has 7 nitrogen and oxygen atoms in total. The molecular formula is C25H42N4O3. The van der Waals surface area contributed by atoms with Gasteiger partial charge < -0.3 is 9.30 Å². The first-order valence-electron chi connectivity index (χ1n) is 12.8. The van der Waals surface area contributed by atoms with Gasteiger partial charge in [0.1, 0.15) is 0 Å². The van der Waals surface area contributed by atoms with Crippen LogP contribution < -0.4 is 11.2 Å². The predicted octanol–water partition coefficient (Wildman–Crippen LogP) is 4.68. The minimum Gasteiger partial charge on any atom is -0.373 e. The second kappa shape index (κ2) is 13.0. The molecule has 32 heavy (non-hydrogen) atoms. The van der Waals surface area contributed by atoms with Crippen molar-refractivity contribution < 1.29 is 4.74 Å². The lowest BCUT2D eigenvalue weighted by Gasteiger charge is -2.07. The Balaban J connectivity index is 1.17. The highest BCUT2D eigenvalue weighted by Crippen LogP contribution is 2.18. The molecule has 1 aliphatic rings. The summed E-state index contributed by atoms with van der Waals surface area (Å²) in [6.07, 6.45) is 22.1. The van der Waals surface area contributed by atoms with Gasteiger partial charge in [-0.15, -0.1) is 0 Å². The third-order valence-electron chi connectivity index (χ3n) is 6.79. The Bertz CT molecular complexity index is 939. The molecule has 3 rings (SSSR count). The molecule has 0 radical (unpaired) electrons. The SMILES string of the molecule is Cn1c(=O)c2c(ncn2CCCCCCCCCCCCCCCCC2CO2)n(C)c1=O. The first-order valence-corrected chi connectivity index (χ1v) is 12.8. The number of imidazole rings is 1. The van der Waals surface area contributed by atoms with E-state index in [0.29, 0.717) is 17.3 Å². The lowest BCUT2D eigenvalue weighted by Crippen LogP contribution is -2.37. The fraction of sp³-hybridized carbons (Fsp3) is 0.800. The largest absolute Gasteiger partial charge is 0.373 e. The van der Waals surface area contributed by atoms with Crippen molar-refractivity contribution in [3.05, 3.63) is 27.2 Å². The Kier molecular flexibility index (Phi) is 10.0. The number of epoxide rings is 1. The molecular weight excluding hydrogens is 404 g/mol. The fourth-order valence-corrected chi connectivity index (χ4v) is 4.58. The van der Waals surface area contributed by atoms with Crippen LogP contribution >= 0.6 is 0 Å². The van der Waals surface area contributed by atoms with Crippen LogP contribution in [0.2, 0.25) is 0 Å². The number of ether oxygens (including phenoxy) is 1. The van der Waals surface area contributed by atoms with E-state index in [1.54, 1.807) is 13.4 Å². The summed E-state index contributed by atoms with van der Waals surface area (Å²) in [5.74, 6) is 0. The van der Waals surface area contributed by atoms with Crippen molar-refractivity contribution in [2.45, 2.75) is 109 Å². The van der Waals surface area contributed by atoms with Crippen molar-refractivity contribution >= 4 is 11.2 Å². The zero-order chi connectivity index (χ0) is 22.8. The van der Waals surface area contributed by atoms with E-state index in [1.165, 1.54) is 102 Å². The van der Waals surface area contributed by atoms with E-state index in [-0.39, 0.29) is 11.2 Å². The van der Waals surface area contributed by atoms with Gasteiger partial charge in [0, 0.05) is 20.6 Å². The average molecular weight is 447 g/mol. The number of nitrogens with zero attached hydrogens (tertiary/aromatic N) is 4. The summed E-state index contributed by atoms with van der Waals surface area (Å²) in [5, 5.41) is 0. The highest BCUT2D eigenvalue weighted by Gasteiger charge is 2.20. The average Bonchev–Trinajstić information content (AvgIpc) is 3.52. The smallest absolute Gasteiger partial charge is 0.332 e. The van der Waals surface area contributed by atoms with Crippen LogP contribution in [0.15, 0.2) is 15.9 Å². The van der Waals surface area contributed by atoms with Crippen molar-refractivity contribution in [1.29, 1.82) is 0 Å². The van der Waals surface area contributed by atoms with Crippen LogP contribution in [0.25, 0.3) is 11.2 Å². The number of aryl methyl sites for hydroxylation is 2. The van der Waals surface area contributed by atoms with Crippen LogP contribution in [0.5, 0.6) is 0 Å². The second-order valence-corrected chi connectivity index (χ2v) is 9.51. The molecule has 2 aromatic rings. The Morgan fingerprint density at radius 3 is 1.84 bits per heavy atom. The topological polar surface area (TPSA) is 74.3 Å². The molecule has 3 heterocycles. The summed E-state index contributed by atoms with van der Waals surface area (Å²) in [6, 6.07) is 0. The molecule has 0 spiro atoms. The quantitative estimate of drug-likeness (QED) is 0.261. The fourth-order valence-electron chi connectivity index (χ4n) is 4.58. The number of rotatable bonds is 17. The van der Waals surface area contributed by atoms with Gasteiger partial charge in [-0.1, -0.05) is 83.5 Å². The number of hydrogen-bond donors (Lipinski definition) is 0. The molecule has 1 aliphatic heterocycles. The highest BCUT2D eigenvalue weighted by molar-refractivity contribution is 5.69. The molecule has 0 saturated carbocycles. The van der Waals surface area contributed by atoms with Crippen LogP contribution in [0.1, 0.15) is 96.3 Å². The summed E-state index contributed by atoms with van der Waals surface area (Å²) < 4.78 is 9.75. The van der Waals surface area contributed by atoms with Crippen molar-refractivity contribution in [2.75, 3.05) is 6.61 Å². The standard InChI is InChI=1S/C25H42N4O3/c1-27-23-22(24(30)28(2)25(27)31)29(20-26-23)18-16-14-12-10-8-6-4-3-5-7-9-11-13-15-17-21-19-32-21/h20-21H,3-19H2,1-2H3. The lowest BCUT2D eigenvalue weighted by molar-refractivity contribution is 0.387. The summed E-state index contributed by atoms with van der Waals surface area (Å²) in [5.41, 5.74) is 0.413. The number of unbranched alkanes of at least 4 members (excludes halogenated alkanes) is 13. The lowest BCUT2D eigenvalue weighted by atomic mass is 10.0. The summed E-state index contributed by atoms with van der Waals surface area (Å²) in [4.78, 5) is 28.8. The van der Waals surface area contributed by atoms with Gasteiger partial charge in [0.15, 0.2) is 11.2 Å². The number of aromatic nitrogens is 4. The second-order valence-electron chi connectivity index (χ2n) is 9.51. The maximum absolute atomic E-state index is 12.5. The van der Waals surface area contributed by atoms with Gasteiger partial charge in [0.2, 0.25) is 0 Å². The molecule has 2 aromatic heterocycles. The minimum absolute atomic E-state index is 0.260. The molecule has 1 unspecified atom stereocenters. The van der Waals surface area contributed by atoms with Crippen LogP contribution in [0.3, 0.4) is 0 Å². The zero-order valence-electron chi connectivity index (χ0n) is 20.2. The van der Waals surface area contributed by atoms with Crippen molar-refractivity contribution in [2.24, 2.45) is 14.1 Å². The van der Waals surface area contributed by atoms with E-state index < -0.39 is 0 Å². The van der Waals surface area contributed by atoms with E-state index in [9.17, 15) is 9.59 Å². The Morgan fingerprint density at radius 1 is 0.812 bits per heavy atom. The van der Waals surface area contributed by atoms with Gasteiger partial charge in [-0.25, -0.2) is 9.78 Å². The van der Waals surface area contributed by atoms with E-state index in [2.05, 4.69) is 4.98 Å².